The highest BCUT2D eigenvalue weighted by Gasteiger charge is 2.08. The van der Waals surface area contributed by atoms with Crippen molar-refractivity contribution < 1.29 is 4.39 Å². The van der Waals surface area contributed by atoms with E-state index in [0.717, 1.165) is 5.56 Å². The first-order valence-electron chi connectivity index (χ1n) is 3.76. The van der Waals surface area contributed by atoms with Crippen molar-refractivity contribution >= 4 is 28.3 Å². The molecule has 0 unspecified atom stereocenters. The molecule has 1 aromatic carbocycles. The van der Waals surface area contributed by atoms with E-state index in [1.54, 1.807) is 6.07 Å². The molecule has 1 rings (SSSR count). The molecule has 0 fully saturated rings. The Morgan fingerprint density at radius 1 is 1.42 bits per heavy atom. The van der Waals surface area contributed by atoms with Crippen LogP contribution in [0.3, 0.4) is 0 Å². The first-order valence-corrected chi connectivity index (χ1v) is 4.84. The fourth-order valence-electron chi connectivity index (χ4n) is 1.08. The maximum absolute atomic E-state index is 12.9. The molecule has 0 spiro atoms. The van der Waals surface area contributed by atoms with Crippen molar-refractivity contribution in [2.75, 3.05) is 5.73 Å². The Kier molecular flexibility index (Phi) is 2.93. The molecule has 12 heavy (non-hydrogen) atoms. The molecule has 0 heterocycles. The van der Waals surface area contributed by atoms with E-state index in [2.05, 4.69) is 0 Å². The number of hydrogen-bond acceptors (Lipinski definition) is 1. The van der Waals surface area contributed by atoms with Crippen molar-refractivity contribution in [3.05, 3.63) is 27.1 Å². The second-order valence-electron chi connectivity index (χ2n) is 3.05. The molecule has 0 aromatic heterocycles. The maximum atomic E-state index is 12.9. The molecule has 1 aromatic rings. The summed E-state index contributed by atoms with van der Waals surface area (Å²) in [5, 5.41) is 0. The summed E-state index contributed by atoms with van der Waals surface area (Å²) in [7, 11) is 0. The lowest BCUT2D eigenvalue weighted by Gasteiger charge is -2.09. The maximum Gasteiger partial charge on any atom is 0.138 e. The SMILES string of the molecule is CC(C)c1cc(I)c(F)cc1N. The highest BCUT2D eigenvalue weighted by atomic mass is 127. The van der Waals surface area contributed by atoms with Crippen LogP contribution in [0.15, 0.2) is 12.1 Å². The molecular formula is C9H11FIN. The molecular weight excluding hydrogens is 268 g/mol. The van der Waals surface area contributed by atoms with E-state index < -0.39 is 0 Å². The van der Waals surface area contributed by atoms with Gasteiger partial charge >= 0.3 is 0 Å². The topological polar surface area (TPSA) is 26.0 Å². The van der Waals surface area contributed by atoms with Gasteiger partial charge in [-0.1, -0.05) is 13.8 Å². The monoisotopic (exact) mass is 279 g/mol. The predicted molar refractivity (Wildman–Crippen MR) is 57.6 cm³/mol. The molecule has 0 amide bonds. The predicted octanol–water partition coefficient (Wildman–Crippen LogP) is 3.14. The van der Waals surface area contributed by atoms with Gasteiger partial charge in [-0.25, -0.2) is 4.39 Å². The van der Waals surface area contributed by atoms with Crippen LogP contribution >= 0.6 is 22.6 Å². The summed E-state index contributed by atoms with van der Waals surface area (Å²) < 4.78 is 13.6. The molecule has 0 saturated heterocycles. The zero-order valence-corrected chi connectivity index (χ0v) is 9.22. The fourth-order valence-corrected chi connectivity index (χ4v) is 1.57. The third kappa shape index (κ3) is 1.88. The largest absolute Gasteiger partial charge is 0.398 e. The van der Waals surface area contributed by atoms with E-state index in [-0.39, 0.29) is 5.82 Å². The first kappa shape index (κ1) is 9.77. The van der Waals surface area contributed by atoms with Crippen LogP contribution in [0.2, 0.25) is 0 Å². The Morgan fingerprint density at radius 2 is 2.00 bits per heavy atom. The highest BCUT2D eigenvalue weighted by Crippen LogP contribution is 2.25. The number of anilines is 1. The number of benzene rings is 1. The Labute approximate surface area is 85.3 Å². The number of rotatable bonds is 1. The van der Waals surface area contributed by atoms with E-state index in [1.165, 1.54) is 6.07 Å². The third-order valence-corrected chi connectivity index (χ3v) is 2.57. The van der Waals surface area contributed by atoms with Gasteiger partial charge in [-0.3, -0.25) is 0 Å². The van der Waals surface area contributed by atoms with Crippen LogP contribution < -0.4 is 5.73 Å². The summed E-state index contributed by atoms with van der Waals surface area (Å²) in [5.41, 5.74) is 7.21. The van der Waals surface area contributed by atoms with Gasteiger partial charge in [-0.05, 0) is 46.2 Å². The van der Waals surface area contributed by atoms with E-state index in [0.29, 0.717) is 15.2 Å². The van der Waals surface area contributed by atoms with E-state index in [1.807, 2.05) is 36.4 Å². The number of nitrogens with two attached hydrogens (primary N) is 1. The van der Waals surface area contributed by atoms with Crippen molar-refractivity contribution in [3.8, 4) is 0 Å². The molecule has 0 atom stereocenters. The van der Waals surface area contributed by atoms with Crippen molar-refractivity contribution in [2.45, 2.75) is 19.8 Å². The average Bonchev–Trinajstić information content (AvgIpc) is 1.96. The Bertz CT molecular complexity index is 297. The van der Waals surface area contributed by atoms with Crippen molar-refractivity contribution in [1.29, 1.82) is 0 Å². The van der Waals surface area contributed by atoms with Crippen molar-refractivity contribution in [2.24, 2.45) is 0 Å². The molecule has 0 aliphatic carbocycles. The van der Waals surface area contributed by atoms with Gasteiger partial charge in [0.25, 0.3) is 0 Å². The summed E-state index contributed by atoms with van der Waals surface area (Å²) in [4.78, 5) is 0. The number of halogens is 2. The average molecular weight is 279 g/mol. The fraction of sp³-hybridized carbons (Fsp3) is 0.333. The molecule has 0 radical (unpaired) electrons. The second-order valence-corrected chi connectivity index (χ2v) is 4.21. The Balaban J connectivity index is 3.23. The molecule has 0 saturated carbocycles. The van der Waals surface area contributed by atoms with E-state index in [4.69, 9.17) is 5.73 Å². The van der Waals surface area contributed by atoms with Gasteiger partial charge in [-0.2, -0.15) is 0 Å². The minimum Gasteiger partial charge on any atom is -0.398 e. The van der Waals surface area contributed by atoms with Gasteiger partial charge in [-0.15, -0.1) is 0 Å². The van der Waals surface area contributed by atoms with Gasteiger partial charge in [0.15, 0.2) is 0 Å². The Morgan fingerprint density at radius 3 is 2.50 bits per heavy atom. The van der Waals surface area contributed by atoms with E-state index >= 15 is 0 Å². The zero-order chi connectivity index (χ0) is 9.30. The van der Waals surface area contributed by atoms with Gasteiger partial charge in [0, 0.05) is 9.26 Å². The number of nitrogen functional groups attached to an aromatic ring is 1. The quantitative estimate of drug-likeness (QED) is 0.620. The molecule has 1 nitrogen and oxygen atoms in total. The van der Waals surface area contributed by atoms with Crippen LogP contribution in [0.5, 0.6) is 0 Å². The summed E-state index contributed by atoms with van der Waals surface area (Å²) in [5.74, 6) is 0.108. The molecule has 0 bridgehead atoms. The smallest absolute Gasteiger partial charge is 0.138 e. The van der Waals surface area contributed by atoms with Gasteiger partial charge in [0.2, 0.25) is 0 Å². The van der Waals surface area contributed by atoms with Crippen LogP contribution in [0, 0.1) is 9.39 Å². The van der Waals surface area contributed by atoms with Crippen LogP contribution in [0.4, 0.5) is 10.1 Å². The minimum atomic E-state index is -0.238. The summed E-state index contributed by atoms with van der Waals surface area (Å²) in [6, 6.07) is 3.19. The summed E-state index contributed by atoms with van der Waals surface area (Å²) >= 11 is 1.97. The summed E-state index contributed by atoms with van der Waals surface area (Å²) in [6.45, 7) is 4.08. The van der Waals surface area contributed by atoms with Gasteiger partial charge in [0.05, 0.1) is 0 Å². The van der Waals surface area contributed by atoms with Crippen molar-refractivity contribution in [1.82, 2.24) is 0 Å². The molecule has 3 heteroatoms. The second kappa shape index (κ2) is 3.60. The molecule has 0 aliphatic rings. The van der Waals surface area contributed by atoms with Gasteiger partial charge in [0.1, 0.15) is 5.82 Å². The lowest BCUT2D eigenvalue weighted by molar-refractivity contribution is 0.619. The molecule has 0 aliphatic heterocycles. The van der Waals surface area contributed by atoms with Crippen LogP contribution in [0.1, 0.15) is 25.3 Å². The number of hydrogen-bond donors (Lipinski definition) is 1. The molecule has 2 N–H and O–H groups in total. The highest BCUT2D eigenvalue weighted by molar-refractivity contribution is 14.1. The summed E-state index contributed by atoms with van der Waals surface area (Å²) in [6.07, 6.45) is 0. The lowest BCUT2D eigenvalue weighted by atomic mass is 10.0. The van der Waals surface area contributed by atoms with Gasteiger partial charge < -0.3 is 5.73 Å². The molecule has 66 valence electrons. The van der Waals surface area contributed by atoms with Crippen LogP contribution in [0.25, 0.3) is 0 Å². The van der Waals surface area contributed by atoms with Crippen molar-refractivity contribution in [3.63, 3.8) is 0 Å². The Hall–Kier alpha value is -0.320. The lowest BCUT2D eigenvalue weighted by Crippen LogP contribution is -1.98. The van der Waals surface area contributed by atoms with Crippen LogP contribution in [-0.2, 0) is 0 Å². The standard InChI is InChI=1S/C9H11FIN/c1-5(2)6-3-8(11)7(10)4-9(6)12/h3-5H,12H2,1-2H3. The third-order valence-electron chi connectivity index (χ3n) is 1.75. The minimum absolute atomic E-state index is 0.238. The zero-order valence-electron chi connectivity index (χ0n) is 7.07. The van der Waals surface area contributed by atoms with Crippen LogP contribution in [-0.4, -0.2) is 0 Å². The van der Waals surface area contributed by atoms with E-state index in [9.17, 15) is 4.39 Å². The first-order chi connectivity index (χ1) is 5.52. The normalized spacial score (nSPS) is 10.8.